The summed E-state index contributed by atoms with van der Waals surface area (Å²) in [7, 11) is 0. The van der Waals surface area contributed by atoms with Crippen molar-refractivity contribution in [2.45, 2.75) is 40.0 Å². The molecule has 0 aliphatic carbocycles. The highest BCUT2D eigenvalue weighted by molar-refractivity contribution is 5.33. The third-order valence-electron chi connectivity index (χ3n) is 2.61. The van der Waals surface area contributed by atoms with E-state index in [1.165, 1.54) is 0 Å². The molecule has 92 valence electrons. The summed E-state index contributed by atoms with van der Waals surface area (Å²) in [6.07, 6.45) is 0.502. The molecule has 0 bridgehead atoms. The minimum atomic E-state index is 0.394. The van der Waals surface area contributed by atoms with Gasteiger partial charge in [0.1, 0.15) is 0 Å². The Morgan fingerprint density at radius 1 is 1.41 bits per heavy atom. The van der Waals surface area contributed by atoms with E-state index in [0.717, 1.165) is 23.9 Å². The summed E-state index contributed by atoms with van der Waals surface area (Å²) in [5, 5.41) is 8.64. The second kappa shape index (κ2) is 6.19. The van der Waals surface area contributed by atoms with Gasteiger partial charge in [0.25, 0.3) is 0 Å². The summed E-state index contributed by atoms with van der Waals surface area (Å²) in [5.74, 6) is 1.14. The highest BCUT2D eigenvalue weighted by Crippen LogP contribution is 2.16. The molecule has 0 aromatic carbocycles. The second-order valence-electron chi connectivity index (χ2n) is 4.38. The van der Waals surface area contributed by atoms with Crippen molar-refractivity contribution in [3.63, 3.8) is 0 Å². The summed E-state index contributed by atoms with van der Waals surface area (Å²) in [6.45, 7) is 9.79. The number of aryl methyl sites for hydroxylation is 1. The first-order chi connectivity index (χ1) is 8.08. The van der Waals surface area contributed by atoms with Gasteiger partial charge in [-0.2, -0.15) is 5.26 Å². The minimum absolute atomic E-state index is 0.394. The standard InChI is InChI=1S/C13H20N4/c1-5-17(8-6-7-14)13-15-11(4)9-12(16-13)10(2)3/h9-10H,5-6,8H2,1-4H3. The van der Waals surface area contributed by atoms with Crippen molar-refractivity contribution in [1.29, 1.82) is 5.26 Å². The molecule has 0 saturated carbocycles. The van der Waals surface area contributed by atoms with Crippen LogP contribution in [-0.4, -0.2) is 23.1 Å². The summed E-state index contributed by atoms with van der Waals surface area (Å²) < 4.78 is 0. The van der Waals surface area contributed by atoms with Crippen LogP contribution in [0.1, 0.15) is 44.5 Å². The molecule has 0 N–H and O–H groups in total. The minimum Gasteiger partial charge on any atom is -0.340 e. The Bertz CT molecular complexity index is 406. The van der Waals surface area contributed by atoms with Crippen LogP contribution in [0.15, 0.2) is 6.07 Å². The van der Waals surface area contributed by atoms with Crippen LogP contribution in [0.3, 0.4) is 0 Å². The van der Waals surface area contributed by atoms with Crippen molar-refractivity contribution in [3.8, 4) is 6.07 Å². The molecule has 0 fully saturated rings. The van der Waals surface area contributed by atoms with Gasteiger partial charge < -0.3 is 4.90 Å². The van der Waals surface area contributed by atoms with E-state index in [1.807, 2.05) is 17.9 Å². The van der Waals surface area contributed by atoms with Gasteiger partial charge in [0.05, 0.1) is 12.5 Å². The molecule has 0 saturated heterocycles. The van der Waals surface area contributed by atoms with Gasteiger partial charge in [0.15, 0.2) is 0 Å². The number of nitrogens with zero attached hydrogens (tertiary/aromatic N) is 4. The van der Waals surface area contributed by atoms with E-state index in [-0.39, 0.29) is 0 Å². The topological polar surface area (TPSA) is 52.8 Å². The van der Waals surface area contributed by atoms with Crippen LogP contribution in [0.4, 0.5) is 5.95 Å². The van der Waals surface area contributed by atoms with Gasteiger partial charge in [0, 0.05) is 24.5 Å². The Morgan fingerprint density at radius 3 is 2.65 bits per heavy atom. The van der Waals surface area contributed by atoms with Crippen molar-refractivity contribution >= 4 is 5.95 Å². The van der Waals surface area contributed by atoms with Crippen LogP contribution in [0, 0.1) is 18.3 Å². The van der Waals surface area contributed by atoms with Crippen LogP contribution in [0.25, 0.3) is 0 Å². The van der Waals surface area contributed by atoms with E-state index in [4.69, 9.17) is 5.26 Å². The maximum absolute atomic E-state index is 8.64. The highest BCUT2D eigenvalue weighted by Gasteiger charge is 2.11. The maximum atomic E-state index is 8.64. The van der Waals surface area contributed by atoms with E-state index in [1.54, 1.807) is 0 Å². The molecule has 0 atom stereocenters. The van der Waals surface area contributed by atoms with Crippen LogP contribution < -0.4 is 4.90 Å². The zero-order chi connectivity index (χ0) is 12.8. The van der Waals surface area contributed by atoms with Crippen molar-refractivity contribution in [2.24, 2.45) is 0 Å². The second-order valence-corrected chi connectivity index (χ2v) is 4.38. The fourth-order valence-corrected chi connectivity index (χ4v) is 1.60. The summed E-state index contributed by atoms with van der Waals surface area (Å²) >= 11 is 0. The lowest BCUT2D eigenvalue weighted by molar-refractivity contribution is 0.754. The zero-order valence-corrected chi connectivity index (χ0v) is 11.1. The Kier molecular flexibility index (Phi) is 4.89. The molecule has 1 heterocycles. The lowest BCUT2D eigenvalue weighted by Crippen LogP contribution is -2.26. The predicted molar refractivity (Wildman–Crippen MR) is 69.0 cm³/mol. The molecule has 1 rings (SSSR count). The van der Waals surface area contributed by atoms with Gasteiger partial charge in [0.2, 0.25) is 5.95 Å². The van der Waals surface area contributed by atoms with Gasteiger partial charge in [-0.3, -0.25) is 0 Å². The molecule has 0 spiro atoms. The summed E-state index contributed by atoms with van der Waals surface area (Å²) in [4.78, 5) is 11.1. The van der Waals surface area contributed by atoms with Gasteiger partial charge in [-0.05, 0) is 25.8 Å². The highest BCUT2D eigenvalue weighted by atomic mass is 15.2. The van der Waals surface area contributed by atoms with Crippen LogP contribution in [0.2, 0.25) is 0 Å². The molecule has 0 radical (unpaired) electrons. The smallest absolute Gasteiger partial charge is 0.225 e. The third-order valence-corrected chi connectivity index (χ3v) is 2.61. The Hall–Kier alpha value is -1.63. The Balaban J connectivity index is 2.98. The largest absolute Gasteiger partial charge is 0.340 e. The van der Waals surface area contributed by atoms with Crippen LogP contribution in [-0.2, 0) is 0 Å². The van der Waals surface area contributed by atoms with Crippen molar-refractivity contribution < 1.29 is 0 Å². The van der Waals surface area contributed by atoms with Gasteiger partial charge in [-0.25, -0.2) is 9.97 Å². The van der Waals surface area contributed by atoms with Crippen molar-refractivity contribution in [2.75, 3.05) is 18.0 Å². The Morgan fingerprint density at radius 2 is 2.12 bits per heavy atom. The average Bonchev–Trinajstić information content (AvgIpc) is 2.29. The molecule has 17 heavy (non-hydrogen) atoms. The zero-order valence-electron chi connectivity index (χ0n) is 11.1. The molecular formula is C13H20N4. The quantitative estimate of drug-likeness (QED) is 0.783. The number of hydrogen-bond donors (Lipinski definition) is 0. The fourth-order valence-electron chi connectivity index (χ4n) is 1.60. The number of aromatic nitrogens is 2. The first kappa shape index (κ1) is 13.4. The lowest BCUT2D eigenvalue weighted by Gasteiger charge is -2.20. The molecule has 0 aliphatic heterocycles. The molecule has 0 aliphatic rings. The lowest BCUT2D eigenvalue weighted by atomic mass is 10.1. The molecular weight excluding hydrogens is 212 g/mol. The summed E-state index contributed by atoms with van der Waals surface area (Å²) in [5.41, 5.74) is 2.04. The molecule has 0 unspecified atom stereocenters. The predicted octanol–water partition coefficient (Wildman–Crippen LogP) is 2.65. The monoisotopic (exact) mass is 232 g/mol. The van der Waals surface area contributed by atoms with E-state index in [2.05, 4.69) is 36.8 Å². The van der Waals surface area contributed by atoms with E-state index in [9.17, 15) is 0 Å². The van der Waals surface area contributed by atoms with Crippen LogP contribution >= 0.6 is 0 Å². The van der Waals surface area contributed by atoms with E-state index >= 15 is 0 Å². The van der Waals surface area contributed by atoms with E-state index in [0.29, 0.717) is 18.9 Å². The fraction of sp³-hybridized carbons (Fsp3) is 0.615. The van der Waals surface area contributed by atoms with Crippen molar-refractivity contribution in [1.82, 2.24) is 9.97 Å². The van der Waals surface area contributed by atoms with Gasteiger partial charge in [-0.1, -0.05) is 13.8 Å². The SMILES string of the molecule is CCN(CCC#N)c1nc(C)cc(C(C)C)n1. The van der Waals surface area contributed by atoms with Gasteiger partial charge >= 0.3 is 0 Å². The summed E-state index contributed by atoms with van der Waals surface area (Å²) in [6, 6.07) is 4.18. The van der Waals surface area contributed by atoms with Crippen molar-refractivity contribution in [3.05, 3.63) is 17.5 Å². The molecule has 0 amide bonds. The number of rotatable bonds is 5. The third kappa shape index (κ3) is 3.70. The van der Waals surface area contributed by atoms with Crippen LogP contribution in [0.5, 0.6) is 0 Å². The average molecular weight is 232 g/mol. The maximum Gasteiger partial charge on any atom is 0.225 e. The molecule has 1 aromatic heterocycles. The normalized spacial score (nSPS) is 10.4. The number of nitriles is 1. The Labute approximate surface area is 103 Å². The number of hydrogen-bond acceptors (Lipinski definition) is 4. The number of anilines is 1. The van der Waals surface area contributed by atoms with Gasteiger partial charge in [-0.15, -0.1) is 0 Å². The first-order valence-electron chi connectivity index (χ1n) is 6.06. The van der Waals surface area contributed by atoms with E-state index < -0.39 is 0 Å². The molecule has 4 nitrogen and oxygen atoms in total. The molecule has 4 heteroatoms. The first-order valence-corrected chi connectivity index (χ1v) is 6.06. The molecule has 1 aromatic rings.